The molecule has 0 spiro atoms. The molecule has 4 nitrogen and oxygen atoms in total. The molecule has 1 aliphatic heterocycles. The fourth-order valence-corrected chi connectivity index (χ4v) is 3.30. The van der Waals surface area contributed by atoms with Gasteiger partial charge in [0.1, 0.15) is 0 Å². The first-order valence-electron chi connectivity index (χ1n) is 6.79. The molecule has 0 aliphatic carbocycles. The predicted molar refractivity (Wildman–Crippen MR) is 90.0 cm³/mol. The third-order valence-electron chi connectivity index (χ3n) is 3.34. The number of amides is 2. The molecule has 3 rings (SSSR count). The van der Waals surface area contributed by atoms with Crippen molar-refractivity contribution in [2.75, 3.05) is 4.90 Å². The third kappa shape index (κ3) is 2.69. The van der Waals surface area contributed by atoms with E-state index in [1.54, 1.807) is 30.3 Å². The number of benzene rings is 1. The maximum Gasteiger partial charge on any atom is 0.298 e. The number of rotatable bonds is 3. The Kier molecular flexibility index (Phi) is 4.09. The summed E-state index contributed by atoms with van der Waals surface area (Å²) in [6, 6.07) is 10.5. The zero-order valence-corrected chi connectivity index (χ0v) is 13.4. The van der Waals surface area contributed by atoms with Gasteiger partial charge < -0.3 is 4.57 Å². The molecule has 0 atom stereocenters. The summed E-state index contributed by atoms with van der Waals surface area (Å²) in [6.07, 6.45) is 3.69. The lowest BCUT2D eigenvalue weighted by molar-refractivity contribution is -0.113. The second-order valence-corrected chi connectivity index (χ2v) is 6.15. The number of aromatic nitrogens is 1. The molecule has 1 fully saturated rings. The smallest absolute Gasteiger partial charge is 0.298 e. The van der Waals surface area contributed by atoms with Gasteiger partial charge in [0, 0.05) is 23.5 Å². The van der Waals surface area contributed by atoms with Crippen LogP contribution in [0.4, 0.5) is 10.5 Å². The zero-order valence-electron chi connectivity index (χ0n) is 11.8. The number of halogens is 1. The van der Waals surface area contributed by atoms with Crippen LogP contribution < -0.4 is 4.90 Å². The van der Waals surface area contributed by atoms with Gasteiger partial charge in [-0.05, 0) is 55.1 Å². The molecule has 1 aliphatic rings. The predicted octanol–water partition coefficient (Wildman–Crippen LogP) is 4.40. The number of imide groups is 1. The number of aryl methyl sites for hydroxylation is 1. The highest BCUT2D eigenvalue weighted by molar-refractivity contribution is 8.19. The lowest BCUT2D eigenvalue weighted by Gasteiger charge is -2.12. The summed E-state index contributed by atoms with van der Waals surface area (Å²) in [5, 5.41) is 0.175. The minimum absolute atomic E-state index is 0.312. The quantitative estimate of drug-likeness (QED) is 0.782. The van der Waals surface area contributed by atoms with Gasteiger partial charge in [-0.1, -0.05) is 17.7 Å². The molecule has 6 heteroatoms. The van der Waals surface area contributed by atoms with E-state index >= 15 is 0 Å². The summed E-state index contributed by atoms with van der Waals surface area (Å²) in [7, 11) is 0. The SMILES string of the molecule is CCn1cccc1/C=C1/SC(=O)N(c2cccc(Cl)c2)C1=O. The van der Waals surface area contributed by atoms with Gasteiger partial charge in [-0.25, -0.2) is 4.90 Å². The van der Waals surface area contributed by atoms with Crippen LogP contribution in [0.3, 0.4) is 0 Å². The van der Waals surface area contributed by atoms with Gasteiger partial charge in [0.05, 0.1) is 10.6 Å². The van der Waals surface area contributed by atoms with E-state index in [-0.39, 0.29) is 11.1 Å². The fourth-order valence-electron chi connectivity index (χ4n) is 2.29. The van der Waals surface area contributed by atoms with E-state index in [2.05, 4.69) is 0 Å². The van der Waals surface area contributed by atoms with E-state index in [9.17, 15) is 9.59 Å². The number of nitrogens with zero attached hydrogens (tertiary/aromatic N) is 2. The second kappa shape index (κ2) is 6.02. The first-order valence-corrected chi connectivity index (χ1v) is 7.98. The number of hydrogen-bond acceptors (Lipinski definition) is 3. The summed E-state index contributed by atoms with van der Waals surface area (Å²) < 4.78 is 2.01. The molecule has 1 aromatic carbocycles. The summed E-state index contributed by atoms with van der Waals surface area (Å²) in [5.41, 5.74) is 1.39. The summed E-state index contributed by atoms with van der Waals surface area (Å²) in [5.74, 6) is -0.318. The van der Waals surface area contributed by atoms with E-state index in [1.165, 1.54) is 0 Å². The van der Waals surface area contributed by atoms with Gasteiger partial charge in [0.25, 0.3) is 11.1 Å². The van der Waals surface area contributed by atoms with Crippen LogP contribution in [0.25, 0.3) is 6.08 Å². The van der Waals surface area contributed by atoms with Crippen molar-refractivity contribution in [3.05, 3.63) is 58.2 Å². The standard InChI is InChI=1S/C16H13ClN2O2S/c1-2-18-8-4-7-12(18)10-14-15(20)19(16(21)22-14)13-6-3-5-11(17)9-13/h3-10H,2H2,1H3/b14-10+. The van der Waals surface area contributed by atoms with Gasteiger partial charge >= 0.3 is 0 Å². The van der Waals surface area contributed by atoms with Gasteiger partial charge in [-0.2, -0.15) is 0 Å². The third-order valence-corrected chi connectivity index (χ3v) is 4.45. The molecule has 2 aromatic rings. The van der Waals surface area contributed by atoms with Crippen LogP contribution in [0.15, 0.2) is 47.5 Å². The Morgan fingerprint density at radius 3 is 2.77 bits per heavy atom. The Labute approximate surface area is 137 Å². The van der Waals surface area contributed by atoms with E-state index in [4.69, 9.17) is 11.6 Å². The van der Waals surface area contributed by atoms with E-state index in [0.717, 1.165) is 28.9 Å². The highest BCUT2D eigenvalue weighted by Crippen LogP contribution is 2.36. The number of thioether (sulfide) groups is 1. The molecule has 0 unspecified atom stereocenters. The van der Waals surface area contributed by atoms with Crippen molar-refractivity contribution in [3.8, 4) is 0 Å². The largest absolute Gasteiger partial charge is 0.348 e. The molecule has 2 amide bonds. The van der Waals surface area contributed by atoms with Crippen LogP contribution >= 0.6 is 23.4 Å². The number of anilines is 1. The summed E-state index contributed by atoms with van der Waals surface area (Å²) in [4.78, 5) is 26.3. The Balaban J connectivity index is 1.95. The molecule has 0 bridgehead atoms. The van der Waals surface area contributed by atoms with Crippen molar-refractivity contribution in [2.45, 2.75) is 13.5 Å². The van der Waals surface area contributed by atoms with Crippen molar-refractivity contribution >= 4 is 46.3 Å². The van der Waals surface area contributed by atoms with Crippen molar-refractivity contribution in [1.29, 1.82) is 0 Å². The molecule has 112 valence electrons. The molecule has 22 heavy (non-hydrogen) atoms. The maximum absolute atomic E-state index is 12.5. The van der Waals surface area contributed by atoms with Crippen LogP contribution in [0, 0.1) is 0 Å². The van der Waals surface area contributed by atoms with Gasteiger partial charge in [0.2, 0.25) is 0 Å². The zero-order chi connectivity index (χ0) is 15.7. The number of hydrogen-bond donors (Lipinski definition) is 0. The fraction of sp³-hybridized carbons (Fsp3) is 0.125. The van der Waals surface area contributed by atoms with Gasteiger partial charge in [0.15, 0.2) is 0 Å². The molecule has 0 N–H and O–H groups in total. The van der Waals surface area contributed by atoms with Crippen molar-refractivity contribution in [1.82, 2.24) is 4.57 Å². The Bertz CT molecular complexity index is 782. The van der Waals surface area contributed by atoms with Crippen molar-refractivity contribution < 1.29 is 9.59 Å². The van der Waals surface area contributed by atoms with Crippen LogP contribution in [-0.4, -0.2) is 15.7 Å². The lowest BCUT2D eigenvalue weighted by atomic mass is 10.3. The van der Waals surface area contributed by atoms with Crippen molar-refractivity contribution in [2.24, 2.45) is 0 Å². The summed E-state index contributed by atoms with van der Waals surface area (Å²) in [6.45, 7) is 2.83. The average Bonchev–Trinajstić information content (AvgIpc) is 3.04. The van der Waals surface area contributed by atoms with E-state index in [1.807, 2.05) is 29.8 Å². The van der Waals surface area contributed by atoms with Crippen LogP contribution in [0.5, 0.6) is 0 Å². The molecule has 0 saturated carbocycles. The van der Waals surface area contributed by atoms with E-state index < -0.39 is 0 Å². The normalized spacial score (nSPS) is 16.8. The average molecular weight is 333 g/mol. The minimum atomic E-state index is -0.318. The second-order valence-electron chi connectivity index (χ2n) is 4.72. The van der Waals surface area contributed by atoms with Crippen molar-refractivity contribution in [3.63, 3.8) is 0 Å². The van der Waals surface area contributed by atoms with Crippen LogP contribution in [0.1, 0.15) is 12.6 Å². The van der Waals surface area contributed by atoms with Gasteiger partial charge in [-0.3, -0.25) is 9.59 Å². The highest BCUT2D eigenvalue weighted by atomic mass is 35.5. The Morgan fingerprint density at radius 1 is 1.23 bits per heavy atom. The lowest BCUT2D eigenvalue weighted by Crippen LogP contribution is -2.27. The van der Waals surface area contributed by atoms with Crippen LogP contribution in [-0.2, 0) is 11.3 Å². The molecule has 1 saturated heterocycles. The molecule has 0 radical (unpaired) electrons. The summed E-state index contributed by atoms with van der Waals surface area (Å²) >= 11 is 6.88. The monoisotopic (exact) mass is 332 g/mol. The maximum atomic E-state index is 12.5. The first-order chi connectivity index (χ1) is 10.6. The van der Waals surface area contributed by atoms with E-state index in [0.29, 0.717) is 15.6 Å². The molecule has 2 heterocycles. The van der Waals surface area contributed by atoms with Crippen LogP contribution in [0.2, 0.25) is 5.02 Å². The Hall–Kier alpha value is -1.98. The number of carbonyl (C=O) groups is 2. The molecule has 1 aromatic heterocycles. The Morgan fingerprint density at radius 2 is 2.05 bits per heavy atom. The molecular weight excluding hydrogens is 320 g/mol. The first kappa shape index (κ1) is 14.9. The minimum Gasteiger partial charge on any atom is -0.348 e. The topological polar surface area (TPSA) is 42.3 Å². The number of carbonyl (C=O) groups excluding carboxylic acids is 2. The highest BCUT2D eigenvalue weighted by Gasteiger charge is 2.36. The van der Waals surface area contributed by atoms with Gasteiger partial charge in [-0.15, -0.1) is 0 Å². The molecular formula is C16H13ClN2O2S.